The Hall–Kier alpha value is -2.59. The summed E-state index contributed by atoms with van der Waals surface area (Å²) in [5, 5.41) is 7.68. The quantitative estimate of drug-likeness (QED) is 0.513. The van der Waals surface area contributed by atoms with E-state index in [2.05, 4.69) is 83.8 Å². The molecule has 3 nitrogen and oxygen atoms in total. The smallest absolute Gasteiger partial charge is 0.183 e. The van der Waals surface area contributed by atoms with Gasteiger partial charge in [-0.25, -0.2) is 4.98 Å². The highest BCUT2D eigenvalue weighted by molar-refractivity contribution is 7.14. The van der Waals surface area contributed by atoms with Crippen molar-refractivity contribution < 1.29 is 0 Å². The first kappa shape index (κ1) is 15.9. The first-order valence-electron chi connectivity index (χ1n) is 8.58. The van der Waals surface area contributed by atoms with E-state index in [1.165, 1.54) is 27.6 Å². The number of hydrogen-bond acceptors (Lipinski definition) is 3. The van der Waals surface area contributed by atoms with E-state index in [-0.39, 0.29) is 0 Å². The normalized spacial score (nSPS) is 11.1. The highest BCUT2D eigenvalue weighted by Gasteiger charge is 2.13. The summed E-state index contributed by atoms with van der Waals surface area (Å²) < 4.78 is 2.33. The predicted octanol–water partition coefficient (Wildman–Crippen LogP) is 5.55. The van der Waals surface area contributed by atoms with Crippen LogP contribution in [-0.2, 0) is 6.54 Å². The lowest BCUT2D eigenvalue weighted by Crippen LogP contribution is -1.97. The van der Waals surface area contributed by atoms with Crippen LogP contribution in [0.25, 0.3) is 22.2 Å². The summed E-state index contributed by atoms with van der Waals surface area (Å²) in [6.07, 6.45) is 2.24. The number of thiazole rings is 1. The molecule has 25 heavy (non-hydrogen) atoms. The van der Waals surface area contributed by atoms with Crippen molar-refractivity contribution in [2.24, 2.45) is 0 Å². The van der Waals surface area contributed by atoms with Gasteiger partial charge in [-0.1, -0.05) is 42.5 Å². The summed E-state index contributed by atoms with van der Waals surface area (Å²) in [5.41, 5.74) is 6.09. The molecule has 2 aromatic carbocycles. The van der Waals surface area contributed by atoms with Crippen molar-refractivity contribution in [3.63, 3.8) is 0 Å². The number of fused-ring (bicyclic) bond motifs is 1. The lowest BCUT2D eigenvalue weighted by molar-refractivity contribution is 0.837. The molecule has 0 aliphatic carbocycles. The van der Waals surface area contributed by atoms with E-state index in [4.69, 9.17) is 4.98 Å². The molecule has 0 saturated heterocycles. The molecule has 0 amide bonds. The highest BCUT2D eigenvalue weighted by atomic mass is 32.1. The van der Waals surface area contributed by atoms with Gasteiger partial charge in [0, 0.05) is 41.1 Å². The molecule has 0 fully saturated rings. The van der Waals surface area contributed by atoms with E-state index >= 15 is 0 Å². The maximum absolute atomic E-state index is 4.76. The zero-order valence-corrected chi connectivity index (χ0v) is 15.3. The second-order valence-electron chi connectivity index (χ2n) is 6.25. The van der Waals surface area contributed by atoms with Gasteiger partial charge in [-0.3, -0.25) is 0 Å². The minimum atomic E-state index is 0.866. The molecule has 0 atom stereocenters. The molecule has 2 aromatic heterocycles. The van der Waals surface area contributed by atoms with Gasteiger partial charge < -0.3 is 9.88 Å². The predicted molar refractivity (Wildman–Crippen MR) is 107 cm³/mol. The lowest BCUT2D eigenvalue weighted by Gasteiger charge is -2.06. The molecule has 2 heterocycles. The Morgan fingerprint density at radius 2 is 1.96 bits per heavy atom. The van der Waals surface area contributed by atoms with Crippen molar-refractivity contribution in [1.29, 1.82) is 0 Å². The molecule has 0 aliphatic heterocycles. The summed E-state index contributed by atoms with van der Waals surface area (Å²) in [6.45, 7) is 5.99. The van der Waals surface area contributed by atoms with Gasteiger partial charge in [-0.05, 0) is 31.0 Å². The van der Waals surface area contributed by atoms with E-state index in [1.807, 2.05) is 0 Å². The van der Waals surface area contributed by atoms with Gasteiger partial charge >= 0.3 is 0 Å². The Labute approximate surface area is 152 Å². The molecule has 0 aliphatic rings. The number of benzene rings is 2. The van der Waals surface area contributed by atoms with Gasteiger partial charge in [-0.2, -0.15) is 0 Å². The van der Waals surface area contributed by atoms with Gasteiger partial charge in [0.05, 0.1) is 5.69 Å². The first-order chi connectivity index (χ1) is 12.2. The monoisotopic (exact) mass is 347 g/mol. The Morgan fingerprint density at radius 3 is 2.76 bits per heavy atom. The van der Waals surface area contributed by atoms with Crippen molar-refractivity contribution >= 4 is 27.4 Å². The molecule has 0 unspecified atom stereocenters. The van der Waals surface area contributed by atoms with Gasteiger partial charge in [0.1, 0.15) is 0 Å². The molecule has 0 radical (unpaired) electrons. The van der Waals surface area contributed by atoms with Crippen LogP contribution >= 0.6 is 11.3 Å². The maximum Gasteiger partial charge on any atom is 0.183 e. The summed E-state index contributed by atoms with van der Waals surface area (Å²) in [4.78, 5) is 4.76. The van der Waals surface area contributed by atoms with Crippen LogP contribution < -0.4 is 5.32 Å². The van der Waals surface area contributed by atoms with Gasteiger partial charge in [0.25, 0.3) is 0 Å². The molecule has 4 rings (SSSR count). The first-order valence-corrected chi connectivity index (χ1v) is 9.46. The number of aryl methyl sites for hydroxylation is 1. The van der Waals surface area contributed by atoms with Crippen LogP contribution in [0.5, 0.6) is 0 Å². The molecule has 0 bridgehead atoms. The van der Waals surface area contributed by atoms with E-state index in [9.17, 15) is 0 Å². The molecular weight excluding hydrogens is 326 g/mol. The number of aromatic nitrogens is 2. The van der Waals surface area contributed by atoms with Crippen LogP contribution in [0.3, 0.4) is 0 Å². The van der Waals surface area contributed by atoms with Crippen LogP contribution in [-0.4, -0.2) is 16.1 Å². The zero-order chi connectivity index (χ0) is 17.2. The number of rotatable bonds is 5. The Bertz CT molecular complexity index is 999. The van der Waals surface area contributed by atoms with Crippen LogP contribution in [0.4, 0.5) is 5.13 Å². The Kier molecular flexibility index (Phi) is 4.28. The number of hydrogen-bond donors (Lipinski definition) is 1. The molecule has 0 saturated carbocycles. The summed E-state index contributed by atoms with van der Waals surface area (Å²) in [5.74, 6) is 0. The second-order valence-corrected chi connectivity index (χ2v) is 7.10. The lowest BCUT2D eigenvalue weighted by atomic mass is 10.1. The third-order valence-electron chi connectivity index (χ3n) is 4.34. The third-order valence-corrected chi connectivity index (χ3v) is 5.14. The fourth-order valence-electron chi connectivity index (χ4n) is 3.15. The molecule has 0 spiro atoms. The SMILES string of the molecule is CCNc1nc(-c2cn(Cc3ccccc3)c3cc(C)ccc23)cs1. The van der Waals surface area contributed by atoms with Gasteiger partial charge in [-0.15, -0.1) is 11.3 Å². The summed E-state index contributed by atoms with van der Waals surface area (Å²) in [6, 6.07) is 17.3. The molecular formula is C21H21N3S. The van der Waals surface area contributed by atoms with E-state index in [1.54, 1.807) is 11.3 Å². The van der Waals surface area contributed by atoms with Crippen LogP contribution in [0, 0.1) is 6.92 Å². The fourth-order valence-corrected chi connectivity index (χ4v) is 3.93. The molecule has 4 heteroatoms. The fraction of sp³-hybridized carbons (Fsp3) is 0.190. The molecule has 4 aromatic rings. The summed E-state index contributed by atoms with van der Waals surface area (Å²) in [7, 11) is 0. The summed E-state index contributed by atoms with van der Waals surface area (Å²) >= 11 is 1.66. The maximum atomic E-state index is 4.76. The van der Waals surface area contributed by atoms with E-state index < -0.39 is 0 Å². The van der Waals surface area contributed by atoms with Crippen molar-refractivity contribution in [2.75, 3.05) is 11.9 Å². The minimum Gasteiger partial charge on any atom is -0.362 e. The van der Waals surface area contributed by atoms with Gasteiger partial charge in [0.15, 0.2) is 5.13 Å². The second kappa shape index (κ2) is 6.73. The average molecular weight is 347 g/mol. The van der Waals surface area contributed by atoms with Crippen molar-refractivity contribution in [3.8, 4) is 11.3 Å². The number of anilines is 1. The molecule has 1 N–H and O–H groups in total. The van der Waals surface area contributed by atoms with Crippen LogP contribution in [0.1, 0.15) is 18.1 Å². The number of nitrogens with one attached hydrogen (secondary N) is 1. The van der Waals surface area contributed by atoms with E-state index in [0.717, 1.165) is 23.9 Å². The van der Waals surface area contributed by atoms with Crippen LogP contribution in [0.2, 0.25) is 0 Å². The molecule has 126 valence electrons. The van der Waals surface area contributed by atoms with Crippen LogP contribution in [0.15, 0.2) is 60.1 Å². The zero-order valence-electron chi connectivity index (χ0n) is 14.5. The highest BCUT2D eigenvalue weighted by Crippen LogP contribution is 2.33. The van der Waals surface area contributed by atoms with Gasteiger partial charge in [0.2, 0.25) is 0 Å². The average Bonchev–Trinajstić information content (AvgIpc) is 3.21. The topological polar surface area (TPSA) is 29.9 Å². The van der Waals surface area contributed by atoms with Crippen molar-refractivity contribution in [1.82, 2.24) is 9.55 Å². The van der Waals surface area contributed by atoms with Crippen molar-refractivity contribution in [2.45, 2.75) is 20.4 Å². The third kappa shape index (κ3) is 3.17. The number of nitrogens with zero attached hydrogens (tertiary/aromatic N) is 2. The largest absolute Gasteiger partial charge is 0.362 e. The minimum absolute atomic E-state index is 0.866. The Balaban J connectivity index is 1.81. The standard InChI is InChI=1S/C21H21N3S/c1-3-22-21-23-19(14-25-21)18-13-24(12-16-7-5-4-6-8-16)20-11-15(2)9-10-17(18)20/h4-11,13-14H,3,12H2,1-2H3,(H,22,23). The van der Waals surface area contributed by atoms with Crippen molar-refractivity contribution in [3.05, 3.63) is 71.2 Å². The van der Waals surface area contributed by atoms with E-state index in [0.29, 0.717) is 0 Å². The Morgan fingerprint density at radius 1 is 1.12 bits per heavy atom.